The molecule has 45 heavy (non-hydrogen) atoms. The lowest BCUT2D eigenvalue weighted by atomic mass is 9.44. The minimum absolute atomic E-state index is 0.0296. The molecule has 6 atom stereocenters. The molecule has 1 aliphatic heterocycles. The molecule has 1 N–H and O–H groups in total. The Hall–Kier alpha value is -4.78. The topological polar surface area (TPSA) is 101 Å². The lowest BCUT2D eigenvalue weighted by molar-refractivity contribution is -0.140. The van der Waals surface area contributed by atoms with Gasteiger partial charge in [-0.1, -0.05) is 79.2 Å². The number of phenols is 1. The van der Waals surface area contributed by atoms with E-state index in [1.807, 2.05) is 73.7 Å². The number of ether oxygens (including phenoxy) is 1. The molecule has 0 aromatic heterocycles. The lowest BCUT2D eigenvalue weighted by Gasteiger charge is -2.55. The van der Waals surface area contributed by atoms with Crippen LogP contribution in [0.1, 0.15) is 48.8 Å². The van der Waals surface area contributed by atoms with Crippen LogP contribution < -0.4 is 4.74 Å². The second-order valence-electron chi connectivity index (χ2n) is 12.5. The highest BCUT2D eigenvalue weighted by atomic mass is 16.5. The summed E-state index contributed by atoms with van der Waals surface area (Å²) in [5.74, 6) is -3.58. The van der Waals surface area contributed by atoms with Gasteiger partial charge in [-0.05, 0) is 60.6 Å². The molecule has 0 radical (unpaired) electrons. The van der Waals surface area contributed by atoms with Crippen molar-refractivity contribution in [2.24, 2.45) is 23.7 Å². The first kappa shape index (κ1) is 29.0. The van der Waals surface area contributed by atoms with Crippen molar-refractivity contribution in [1.29, 1.82) is 0 Å². The molecule has 4 aliphatic rings. The van der Waals surface area contributed by atoms with E-state index in [0.29, 0.717) is 47.4 Å². The maximum absolute atomic E-state index is 15.0. The SMILES string of the molecule is CCCN1C(=O)C2CC=C3C(CC4C(=O)C(c5ccccc5)=CC(=O)C4(c4ccccc4)C3c3cc(OC)ccc3O)C2C1=O. The fourth-order valence-electron chi connectivity index (χ4n) is 8.62. The van der Waals surface area contributed by atoms with Crippen LogP contribution >= 0.6 is 0 Å². The van der Waals surface area contributed by atoms with E-state index >= 15 is 0 Å². The zero-order chi connectivity index (χ0) is 31.5. The number of rotatable bonds is 6. The second-order valence-corrected chi connectivity index (χ2v) is 12.5. The quantitative estimate of drug-likeness (QED) is 0.290. The number of imide groups is 1. The molecule has 7 nitrogen and oxygen atoms in total. The van der Waals surface area contributed by atoms with E-state index in [4.69, 9.17) is 4.74 Å². The molecule has 6 unspecified atom stereocenters. The van der Waals surface area contributed by atoms with E-state index in [1.54, 1.807) is 18.2 Å². The number of ketones is 2. The third kappa shape index (κ3) is 4.16. The Morgan fingerprint density at radius 1 is 0.911 bits per heavy atom. The van der Waals surface area contributed by atoms with Gasteiger partial charge in [-0.3, -0.25) is 24.1 Å². The first-order valence-electron chi connectivity index (χ1n) is 15.7. The number of benzene rings is 3. The van der Waals surface area contributed by atoms with Crippen molar-refractivity contribution in [1.82, 2.24) is 4.90 Å². The molecule has 3 aliphatic carbocycles. The Morgan fingerprint density at radius 2 is 1.62 bits per heavy atom. The standard InChI is InChI=1S/C38H35NO6/c1-3-18-39-36(43)26-16-15-25-28(33(26)37(39)44)20-30-35(42)27(22-10-6-4-7-11-22)21-32(41)38(30,23-12-8-5-9-13-23)34(25)29-19-24(45-2)14-17-31(29)40/h4-15,17,19,21,26,28,30,33-34,40H,3,16,18,20H2,1-2H3. The minimum Gasteiger partial charge on any atom is -0.508 e. The fraction of sp³-hybridized carbons (Fsp3) is 0.316. The summed E-state index contributed by atoms with van der Waals surface area (Å²) in [6, 6.07) is 23.5. The van der Waals surface area contributed by atoms with E-state index in [1.165, 1.54) is 18.1 Å². The Labute approximate surface area is 262 Å². The monoisotopic (exact) mass is 601 g/mol. The molecule has 0 bridgehead atoms. The summed E-state index contributed by atoms with van der Waals surface area (Å²) in [4.78, 5) is 58.7. The Morgan fingerprint density at radius 3 is 2.31 bits per heavy atom. The van der Waals surface area contributed by atoms with Crippen LogP contribution in [0.5, 0.6) is 11.5 Å². The van der Waals surface area contributed by atoms with E-state index in [2.05, 4.69) is 0 Å². The van der Waals surface area contributed by atoms with E-state index in [0.717, 1.165) is 5.57 Å². The van der Waals surface area contributed by atoms with E-state index in [9.17, 15) is 24.3 Å². The average molecular weight is 602 g/mol. The maximum Gasteiger partial charge on any atom is 0.233 e. The van der Waals surface area contributed by atoms with Gasteiger partial charge < -0.3 is 9.84 Å². The fourth-order valence-corrected chi connectivity index (χ4v) is 8.62. The van der Waals surface area contributed by atoms with Crippen LogP contribution in [0.3, 0.4) is 0 Å². The first-order chi connectivity index (χ1) is 21.8. The number of amides is 2. The van der Waals surface area contributed by atoms with Crippen molar-refractivity contribution in [3.8, 4) is 11.5 Å². The van der Waals surface area contributed by atoms with Crippen molar-refractivity contribution >= 4 is 29.0 Å². The molecule has 1 saturated carbocycles. The Kier molecular flexibility index (Phi) is 7.07. The third-order valence-electron chi connectivity index (χ3n) is 10.5. The van der Waals surface area contributed by atoms with Crippen molar-refractivity contribution < 1.29 is 29.0 Å². The first-order valence-corrected chi connectivity index (χ1v) is 15.7. The van der Waals surface area contributed by atoms with Crippen molar-refractivity contribution in [2.45, 2.75) is 37.5 Å². The summed E-state index contributed by atoms with van der Waals surface area (Å²) in [6.45, 7) is 2.29. The predicted octanol–water partition coefficient (Wildman–Crippen LogP) is 5.64. The predicted molar refractivity (Wildman–Crippen MR) is 168 cm³/mol. The number of hydrogen-bond acceptors (Lipinski definition) is 6. The van der Waals surface area contributed by atoms with Crippen LogP contribution in [-0.2, 0) is 24.6 Å². The van der Waals surface area contributed by atoms with E-state index in [-0.39, 0.29) is 35.6 Å². The summed E-state index contributed by atoms with van der Waals surface area (Å²) in [6.07, 6.45) is 4.72. The largest absolute Gasteiger partial charge is 0.508 e. The highest BCUT2D eigenvalue weighted by Crippen LogP contribution is 2.64. The molecule has 228 valence electrons. The molecule has 0 spiro atoms. The number of fused-ring (bicyclic) bond motifs is 4. The zero-order valence-electron chi connectivity index (χ0n) is 25.3. The van der Waals surface area contributed by atoms with Crippen LogP contribution in [0, 0.1) is 23.7 Å². The number of carbonyl (C=O) groups is 4. The summed E-state index contributed by atoms with van der Waals surface area (Å²) in [5.41, 5.74) is 1.54. The molecule has 7 heteroatoms. The normalized spacial score (nSPS) is 29.0. The molecule has 7 rings (SSSR count). The van der Waals surface area contributed by atoms with Crippen molar-refractivity contribution in [2.75, 3.05) is 13.7 Å². The van der Waals surface area contributed by atoms with Gasteiger partial charge in [0.1, 0.15) is 11.5 Å². The number of allylic oxidation sites excluding steroid dienone is 4. The summed E-state index contributed by atoms with van der Waals surface area (Å²) in [5, 5.41) is 11.5. The lowest BCUT2D eigenvalue weighted by Crippen LogP contribution is -2.58. The average Bonchev–Trinajstić information content (AvgIpc) is 3.31. The third-order valence-corrected chi connectivity index (χ3v) is 10.5. The van der Waals surface area contributed by atoms with Crippen LogP contribution in [-0.4, -0.2) is 47.0 Å². The van der Waals surface area contributed by atoms with E-state index < -0.39 is 35.0 Å². The van der Waals surface area contributed by atoms with Crippen LogP contribution in [0.15, 0.2) is 96.6 Å². The van der Waals surface area contributed by atoms with Gasteiger partial charge in [0.2, 0.25) is 11.8 Å². The smallest absolute Gasteiger partial charge is 0.233 e. The Bertz CT molecular complexity index is 1780. The van der Waals surface area contributed by atoms with Crippen molar-refractivity contribution in [3.63, 3.8) is 0 Å². The molecule has 1 saturated heterocycles. The van der Waals surface area contributed by atoms with Gasteiger partial charge in [0.05, 0.1) is 24.4 Å². The zero-order valence-corrected chi connectivity index (χ0v) is 25.3. The van der Waals surface area contributed by atoms with Gasteiger partial charge in [-0.2, -0.15) is 0 Å². The molecular formula is C38H35NO6. The Balaban J connectivity index is 1.52. The number of phenolic OH excluding ortho intramolecular Hbond substituents is 1. The van der Waals surface area contributed by atoms with Crippen LogP contribution in [0.2, 0.25) is 0 Å². The van der Waals surface area contributed by atoms with Gasteiger partial charge in [0, 0.05) is 29.5 Å². The number of Topliss-reactive ketones (excluding diaryl/α,β-unsaturated/α-hetero) is 1. The van der Waals surface area contributed by atoms with Gasteiger partial charge in [0.15, 0.2) is 11.6 Å². The maximum atomic E-state index is 15.0. The molecule has 1 heterocycles. The molecule has 2 amide bonds. The second kappa shape index (κ2) is 11.0. The summed E-state index contributed by atoms with van der Waals surface area (Å²) >= 11 is 0. The number of aromatic hydroxyl groups is 1. The number of methoxy groups -OCH3 is 1. The molecule has 3 aromatic carbocycles. The van der Waals surface area contributed by atoms with Gasteiger partial charge >= 0.3 is 0 Å². The summed E-state index contributed by atoms with van der Waals surface area (Å²) < 4.78 is 5.58. The van der Waals surface area contributed by atoms with Crippen LogP contribution in [0.25, 0.3) is 5.57 Å². The number of hydrogen-bond donors (Lipinski definition) is 1. The molecule has 3 aromatic rings. The van der Waals surface area contributed by atoms with Gasteiger partial charge in [-0.25, -0.2) is 0 Å². The number of carbonyl (C=O) groups excluding carboxylic acids is 4. The summed E-state index contributed by atoms with van der Waals surface area (Å²) in [7, 11) is 1.54. The van der Waals surface area contributed by atoms with Gasteiger partial charge in [0.25, 0.3) is 0 Å². The molecular weight excluding hydrogens is 566 g/mol. The van der Waals surface area contributed by atoms with Crippen molar-refractivity contribution in [3.05, 3.63) is 113 Å². The molecule has 2 fully saturated rings. The number of likely N-dealkylation sites (tertiary alicyclic amines) is 1. The minimum atomic E-state index is -1.40. The van der Waals surface area contributed by atoms with Crippen LogP contribution in [0.4, 0.5) is 0 Å². The van der Waals surface area contributed by atoms with Gasteiger partial charge in [-0.15, -0.1) is 0 Å². The highest BCUT2D eigenvalue weighted by molar-refractivity contribution is 6.31. The number of nitrogens with zero attached hydrogens (tertiary/aromatic N) is 1. The highest BCUT2D eigenvalue weighted by Gasteiger charge is 2.66.